The largest absolute Gasteiger partial charge is 0.341 e. The lowest BCUT2D eigenvalue weighted by molar-refractivity contribution is 0.0374. The number of piperidine rings is 1. The molecule has 2 aromatic heterocycles. The van der Waals surface area contributed by atoms with Gasteiger partial charge >= 0.3 is 6.03 Å². The Balaban J connectivity index is 1.30. The summed E-state index contributed by atoms with van der Waals surface area (Å²) < 4.78 is 0. The molecule has 3 N–H and O–H groups in total. The molecule has 7 nitrogen and oxygen atoms in total. The predicted octanol–water partition coefficient (Wildman–Crippen LogP) is 4.15. The van der Waals surface area contributed by atoms with Gasteiger partial charge in [-0.1, -0.05) is 18.6 Å². The van der Waals surface area contributed by atoms with E-state index in [1.54, 1.807) is 6.20 Å². The molecule has 0 radical (unpaired) electrons. The monoisotopic (exact) mass is 404 g/mol. The fraction of sp³-hybridized carbons (Fsp3) is 0.435. The average molecular weight is 405 g/mol. The molecule has 0 bridgehead atoms. The van der Waals surface area contributed by atoms with Crippen LogP contribution >= 0.6 is 0 Å². The highest BCUT2D eigenvalue weighted by Gasteiger charge is 2.38. The van der Waals surface area contributed by atoms with Crippen molar-refractivity contribution >= 4 is 22.8 Å². The summed E-state index contributed by atoms with van der Waals surface area (Å²) in [7, 11) is 0. The van der Waals surface area contributed by atoms with E-state index in [1.165, 1.54) is 19.3 Å². The number of aryl methyl sites for hydroxylation is 1. The topological polar surface area (TPSA) is 85.9 Å². The van der Waals surface area contributed by atoms with Crippen molar-refractivity contribution in [2.45, 2.75) is 57.2 Å². The smallest absolute Gasteiger partial charge is 0.319 e. The molecular formula is C23H28N6O. The first kappa shape index (κ1) is 19.1. The zero-order valence-electron chi connectivity index (χ0n) is 17.3. The minimum atomic E-state index is -0.175. The Labute approximate surface area is 176 Å². The number of anilines is 1. The van der Waals surface area contributed by atoms with Crippen LogP contribution in [0.5, 0.6) is 0 Å². The van der Waals surface area contributed by atoms with Crippen LogP contribution in [-0.2, 0) is 0 Å². The lowest BCUT2D eigenvalue weighted by Gasteiger charge is -2.46. The molecule has 1 saturated carbocycles. The molecule has 2 aliphatic rings. The Morgan fingerprint density at radius 3 is 2.77 bits per heavy atom. The van der Waals surface area contributed by atoms with Crippen LogP contribution in [0.4, 0.5) is 10.5 Å². The molecule has 1 saturated heterocycles. The van der Waals surface area contributed by atoms with Gasteiger partial charge in [0.25, 0.3) is 0 Å². The van der Waals surface area contributed by atoms with E-state index in [4.69, 9.17) is 4.98 Å². The highest BCUT2D eigenvalue weighted by molar-refractivity contribution is 5.89. The number of fused-ring (bicyclic) bond motifs is 1. The summed E-state index contributed by atoms with van der Waals surface area (Å²) in [6.45, 7) is 2.90. The number of amides is 2. The molecular weight excluding hydrogens is 376 g/mol. The molecule has 3 aromatic rings. The summed E-state index contributed by atoms with van der Waals surface area (Å²) in [4.78, 5) is 27.8. The van der Waals surface area contributed by atoms with Crippen LogP contribution in [0.2, 0.25) is 0 Å². The molecule has 30 heavy (non-hydrogen) atoms. The van der Waals surface area contributed by atoms with Crippen molar-refractivity contribution in [3.8, 4) is 0 Å². The number of pyridine rings is 1. The van der Waals surface area contributed by atoms with Crippen LogP contribution in [0.1, 0.15) is 49.7 Å². The number of imidazole rings is 1. The summed E-state index contributed by atoms with van der Waals surface area (Å²) in [6.07, 6.45) is 7.32. The van der Waals surface area contributed by atoms with Crippen LogP contribution in [0.3, 0.4) is 0 Å². The number of rotatable bonds is 4. The zero-order chi connectivity index (χ0) is 20.5. The third kappa shape index (κ3) is 3.89. The number of carbonyl (C=O) groups is 1. The first-order valence-corrected chi connectivity index (χ1v) is 10.9. The number of urea groups is 1. The first-order chi connectivity index (χ1) is 14.7. The van der Waals surface area contributed by atoms with E-state index in [1.807, 2.05) is 37.3 Å². The lowest BCUT2D eigenvalue weighted by Crippen LogP contribution is -2.52. The van der Waals surface area contributed by atoms with E-state index >= 15 is 0 Å². The average Bonchev–Trinajstić information content (AvgIpc) is 3.13. The van der Waals surface area contributed by atoms with Crippen LogP contribution in [-0.4, -0.2) is 44.5 Å². The summed E-state index contributed by atoms with van der Waals surface area (Å²) in [5.41, 5.74) is 3.71. The highest BCUT2D eigenvalue weighted by Crippen LogP contribution is 2.37. The summed E-state index contributed by atoms with van der Waals surface area (Å²) in [6, 6.07) is 12.7. The Kier molecular flexibility index (Phi) is 5.12. The second-order valence-corrected chi connectivity index (χ2v) is 8.49. The second-order valence-electron chi connectivity index (χ2n) is 8.49. The maximum absolute atomic E-state index is 12.5. The fourth-order valence-electron chi connectivity index (χ4n) is 4.56. The quantitative estimate of drug-likeness (QED) is 0.610. The maximum atomic E-state index is 12.5. The van der Waals surface area contributed by atoms with Crippen molar-refractivity contribution in [2.24, 2.45) is 0 Å². The Hall–Kier alpha value is -2.93. The predicted molar refractivity (Wildman–Crippen MR) is 117 cm³/mol. The second kappa shape index (κ2) is 8.07. The zero-order valence-corrected chi connectivity index (χ0v) is 17.3. The molecule has 2 fully saturated rings. The molecule has 156 valence electrons. The number of benzene rings is 1. The van der Waals surface area contributed by atoms with Gasteiger partial charge in [0.1, 0.15) is 5.82 Å². The van der Waals surface area contributed by atoms with Gasteiger partial charge in [-0.3, -0.25) is 9.88 Å². The standard InChI is InChI=1S/C23H28N6O/c1-15-9-10-17(14-24-15)26-23(30)25-16-11-12-29(18-5-4-6-18)21(13-16)22-27-19-7-2-3-8-20(19)28-22/h2-3,7-10,14,16,18,21H,4-6,11-13H2,1H3,(H,27,28)(H2,25,26,30). The van der Waals surface area contributed by atoms with Crippen LogP contribution in [0.15, 0.2) is 42.6 Å². The number of likely N-dealkylation sites (tertiary alicyclic amines) is 1. The number of carbonyl (C=O) groups excluding carboxylic acids is 1. The minimum Gasteiger partial charge on any atom is -0.341 e. The minimum absolute atomic E-state index is 0.109. The summed E-state index contributed by atoms with van der Waals surface area (Å²) in [5, 5.41) is 6.06. The molecule has 2 unspecified atom stereocenters. The van der Waals surface area contributed by atoms with Gasteiger partial charge in [0, 0.05) is 24.3 Å². The number of nitrogens with one attached hydrogen (secondary N) is 3. The number of H-pyrrole nitrogens is 1. The van der Waals surface area contributed by atoms with Crippen molar-refractivity contribution in [2.75, 3.05) is 11.9 Å². The van der Waals surface area contributed by atoms with E-state index < -0.39 is 0 Å². The van der Waals surface area contributed by atoms with Gasteiger partial charge in [0.2, 0.25) is 0 Å². The van der Waals surface area contributed by atoms with Gasteiger partial charge < -0.3 is 15.6 Å². The van der Waals surface area contributed by atoms with Gasteiger partial charge in [-0.05, 0) is 56.9 Å². The highest BCUT2D eigenvalue weighted by atomic mass is 16.2. The van der Waals surface area contributed by atoms with Crippen LogP contribution < -0.4 is 10.6 Å². The van der Waals surface area contributed by atoms with Gasteiger partial charge in [0.15, 0.2) is 0 Å². The molecule has 7 heteroatoms. The van der Waals surface area contributed by atoms with E-state index in [9.17, 15) is 4.79 Å². The first-order valence-electron chi connectivity index (χ1n) is 10.9. The number of nitrogens with zero attached hydrogens (tertiary/aromatic N) is 3. The Morgan fingerprint density at radius 2 is 2.03 bits per heavy atom. The molecule has 1 aliphatic carbocycles. The fourth-order valence-corrected chi connectivity index (χ4v) is 4.56. The lowest BCUT2D eigenvalue weighted by atomic mass is 9.86. The Bertz CT molecular complexity index is 993. The van der Waals surface area contributed by atoms with E-state index in [0.717, 1.165) is 41.9 Å². The van der Waals surface area contributed by atoms with E-state index in [0.29, 0.717) is 11.7 Å². The van der Waals surface area contributed by atoms with Crippen LogP contribution in [0.25, 0.3) is 11.0 Å². The third-order valence-corrected chi connectivity index (χ3v) is 6.42. The molecule has 2 amide bonds. The van der Waals surface area contributed by atoms with Crippen molar-refractivity contribution in [1.29, 1.82) is 0 Å². The number of hydrogen-bond acceptors (Lipinski definition) is 4. The van der Waals surface area contributed by atoms with E-state index in [-0.39, 0.29) is 18.1 Å². The summed E-state index contributed by atoms with van der Waals surface area (Å²) in [5.74, 6) is 1.01. The SMILES string of the molecule is Cc1ccc(NC(=O)NC2CCN(C3CCC3)C(c3nc4ccccc4[nH]3)C2)cn1. The van der Waals surface area contributed by atoms with Crippen molar-refractivity contribution in [1.82, 2.24) is 25.2 Å². The number of para-hydroxylation sites is 2. The number of aromatic nitrogens is 3. The third-order valence-electron chi connectivity index (χ3n) is 6.42. The molecule has 1 aromatic carbocycles. The van der Waals surface area contributed by atoms with Crippen molar-refractivity contribution in [3.05, 3.63) is 54.1 Å². The maximum Gasteiger partial charge on any atom is 0.319 e. The normalized spacial score (nSPS) is 22.6. The molecule has 2 atom stereocenters. The summed E-state index contributed by atoms with van der Waals surface area (Å²) >= 11 is 0. The number of hydrogen-bond donors (Lipinski definition) is 3. The number of aromatic amines is 1. The van der Waals surface area contributed by atoms with Crippen molar-refractivity contribution < 1.29 is 4.79 Å². The van der Waals surface area contributed by atoms with Gasteiger partial charge in [0.05, 0.1) is 29.0 Å². The van der Waals surface area contributed by atoms with Crippen LogP contribution in [0, 0.1) is 6.92 Å². The van der Waals surface area contributed by atoms with Gasteiger partial charge in [-0.15, -0.1) is 0 Å². The molecule has 3 heterocycles. The van der Waals surface area contributed by atoms with E-state index in [2.05, 4.69) is 31.6 Å². The van der Waals surface area contributed by atoms with Gasteiger partial charge in [-0.25, -0.2) is 9.78 Å². The molecule has 5 rings (SSSR count). The molecule has 0 spiro atoms. The van der Waals surface area contributed by atoms with Crippen molar-refractivity contribution in [3.63, 3.8) is 0 Å². The van der Waals surface area contributed by atoms with Gasteiger partial charge in [-0.2, -0.15) is 0 Å². The Morgan fingerprint density at radius 1 is 1.17 bits per heavy atom. The molecule has 1 aliphatic heterocycles.